The zero-order valence-corrected chi connectivity index (χ0v) is 46.6. The Kier molecular flexibility index (Phi) is 13.5. The molecular formula is C67H66N4OPt-2. The average molecular weight is 1140 g/mol. The first-order chi connectivity index (χ1) is 34.2. The van der Waals surface area contributed by atoms with Crippen molar-refractivity contribution in [1.29, 1.82) is 0 Å². The van der Waals surface area contributed by atoms with Crippen LogP contribution < -0.4 is 9.30 Å². The Hall–Kier alpha value is -6.81. The van der Waals surface area contributed by atoms with E-state index in [9.17, 15) is 0 Å². The van der Waals surface area contributed by atoms with Crippen LogP contribution in [-0.4, -0.2) is 14.1 Å². The summed E-state index contributed by atoms with van der Waals surface area (Å²) in [5.41, 5.74) is 12.5. The number of ether oxygens (including phenoxy) is 1. The summed E-state index contributed by atoms with van der Waals surface area (Å²) in [6, 6.07) is 68.2. The van der Waals surface area contributed by atoms with Crippen molar-refractivity contribution in [2.45, 2.75) is 110 Å². The molecule has 0 saturated carbocycles. The molecule has 0 atom stereocenters. The molecule has 0 unspecified atom stereocenters. The fraction of sp³-hybridized carbons (Fsp3) is 0.254. The van der Waals surface area contributed by atoms with Gasteiger partial charge in [0.05, 0.1) is 11.4 Å². The molecule has 372 valence electrons. The number of benzene rings is 7. The van der Waals surface area contributed by atoms with Crippen LogP contribution in [0.3, 0.4) is 0 Å². The van der Waals surface area contributed by atoms with Crippen LogP contribution in [-0.2, 0) is 48.1 Å². The van der Waals surface area contributed by atoms with E-state index < -0.39 is 5.41 Å². The van der Waals surface area contributed by atoms with Crippen molar-refractivity contribution >= 4 is 21.8 Å². The van der Waals surface area contributed by atoms with E-state index in [4.69, 9.17) is 9.72 Å². The molecule has 5 nitrogen and oxygen atoms in total. The number of imidazole rings is 1. The van der Waals surface area contributed by atoms with E-state index in [0.29, 0.717) is 11.5 Å². The summed E-state index contributed by atoms with van der Waals surface area (Å²) in [7, 11) is 0. The number of hydrogen-bond donors (Lipinski definition) is 0. The molecule has 0 N–H and O–H groups in total. The van der Waals surface area contributed by atoms with Gasteiger partial charge >= 0.3 is 0 Å². The molecule has 0 aliphatic heterocycles. The SMILES string of the molecule is CC(C)(C)c1ccnc(-n2c3[c-]c(Oc4[c-]c(-n5[c-][n+](-c6cc(C(C)(C)c7ccccc7)cc(C(C)(C)c7ccccc7)c6)c(C(C)(C)c6ccccc6)c5)ccc4)ccc3c3cc(C(C)(C)C)ccc32)c1.[Pt]. The Labute approximate surface area is 447 Å². The van der Waals surface area contributed by atoms with Crippen molar-refractivity contribution < 1.29 is 30.4 Å². The van der Waals surface area contributed by atoms with Crippen molar-refractivity contribution in [3.8, 4) is 28.7 Å². The molecule has 0 aliphatic rings. The molecule has 0 radical (unpaired) electrons. The van der Waals surface area contributed by atoms with Gasteiger partial charge in [0.1, 0.15) is 5.82 Å². The molecule has 0 amide bonds. The summed E-state index contributed by atoms with van der Waals surface area (Å²) in [5.74, 6) is 2.01. The van der Waals surface area contributed by atoms with Crippen LogP contribution in [0.4, 0.5) is 0 Å². The second-order valence-corrected chi connectivity index (χ2v) is 23.1. The molecule has 0 saturated heterocycles. The number of hydrogen-bond acceptors (Lipinski definition) is 2. The first kappa shape index (κ1) is 51.1. The van der Waals surface area contributed by atoms with Crippen LogP contribution in [0, 0.1) is 18.5 Å². The Morgan fingerprint density at radius 3 is 1.59 bits per heavy atom. The number of nitrogens with zero attached hydrogens (tertiary/aromatic N) is 4. The zero-order valence-electron chi connectivity index (χ0n) is 44.3. The number of aromatic nitrogens is 4. The van der Waals surface area contributed by atoms with Gasteiger partial charge in [0.15, 0.2) is 0 Å². The molecular weight excluding hydrogens is 1070 g/mol. The first-order valence-corrected chi connectivity index (χ1v) is 25.3. The minimum Gasteiger partial charge on any atom is -0.510 e. The van der Waals surface area contributed by atoms with E-state index in [1.807, 2.05) is 24.4 Å². The molecule has 3 aromatic heterocycles. The van der Waals surface area contributed by atoms with E-state index in [1.165, 1.54) is 38.9 Å². The average Bonchev–Trinajstić information content (AvgIpc) is 3.97. The van der Waals surface area contributed by atoms with Gasteiger partial charge in [-0.2, -0.15) is 18.2 Å². The van der Waals surface area contributed by atoms with Crippen LogP contribution in [0.1, 0.15) is 128 Å². The van der Waals surface area contributed by atoms with Gasteiger partial charge in [-0.05, 0) is 91.2 Å². The van der Waals surface area contributed by atoms with Crippen molar-refractivity contribution in [1.82, 2.24) is 14.1 Å². The second-order valence-electron chi connectivity index (χ2n) is 23.1. The topological polar surface area (TPSA) is 35.9 Å². The predicted molar refractivity (Wildman–Crippen MR) is 296 cm³/mol. The maximum atomic E-state index is 6.76. The van der Waals surface area contributed by atoms with Crippen molar-refractivity contribution in [2.75, 3.05) is 0 Å². The summed E-state index contributed by atoms with van der Waals surface area (Å²) >= 11 is 0. The molecule has 7 aromatic carbocycles. The van der Waals surface area contributed by atoms with Gasteiger partial charge in [0.25, 0.3) is 6.33 Å². The number of rotatable bonds is 11. The normalized spacial score (nSPS) is 12.5. The predicted octanol–water partition coefficient (Wildman–Crippen LogP) is 16.0. The van der Waals surface area contributed by atoms with Gasteiger partial charge in [-0.25, -0.2) is 4.98 Å². The maximum absolute atomic E-state index is 6.76. The van der Waals surface area contributed by atoms with E-state index >= 15 is 0 Å². The Morgan fingerprint density at radius 2 is 1.01 bits per heavy atom. The molecule has 0 bridgehead atoms. The van der Waals surface area contributed by atoms with E-state index in [-0.39, 0.29) is 42.7 Å². The maximum Gasteiger partial charge on any atom is 0.267 e. The van der Waals surface area contributed by atoms with E-state index in [2.05, 4.69) is 273 Å². The molecule has 0 fully saturated rings. The minimum absolute atomic E-state index is 0. The van der Waals surface area contributed by atoms with Crippen LogP contribution >= 0.6 is 0 Å². The molecule has 0 spiro atoms. The second kappa shape index (κ2) is 19.2. The molecule has 73 heavy (non-hydrogen) atoms. The summed E-state index contributed by atoms with van der Waals surface area (Å²) < 4.78 is 13.3. The molecule has 10 rings (SSSR count). The Bertz CT molecular complexity index is 3520. The van der Waals surface area contributed by atoms with Crippen LogP contribution in [0.2, 0.25) is 0 Å². The van der Waals surface area contributed by atoms with Gasteiger partial charge < -0.3 is 13.9 Å². The third kappa shape index (κ3) is 9.77. The molecule has 3 heterocycles. The molecule has 0 aliphatic carbocycles. The Balaban J connectivity index is 0.00000656. The summed E-state index contributed by atoms with van der Waals surface area (Å²) in [4.78, 5) is 4.94. The van der Waals surface area contributed by atoms with E-state index in [1.54, 1.807) is 0 Å². The fourth-order valence-electron chi connectivity index (χ4n) is 10.1. The summed E-state index contributed by atoms with van der Waals surface area (Å²) in [5, 5.41) is 2.25. The standard InChI is InChI=1S/C67H66N4O.Pt/c1-63(2,3)49-31-34-59-58(40-49)57-33-32-56(43-60(57)71(59)62-41-50(35-36-68-62)64(4,5)6)72-55-30-22-29-53(42-55)69-44-61(67(11,12)48-27-20-15-21-28-48)70(45-69)54-38-51(65(7,8)46-23-16-13-17-24-46)37-52(39-54)66(9,10)47-25-18-14-19-26-47;/h13-41,44H,1-12H3;/q-2;. The van der Waals surface area contributed by atoms with Crippen LogP contribution in [0.15, 0.2) is 182 Å². The Morgan fingerprint density at radius 1 is 0.466 bits per heavy atom. The van der Waals surface area contributed by atoms with Gasteiger partial charge in [-0.3, -0.25) is 4.57 Å². The zero-order chi connectivity index (χ0) is 50.8. The third-order valence-corrected chi connectivity index (χ3v) is 15.0. The third-order valence-electron chi connectivity index (χ3n) is 15.0. The number of pyridine rings is 1. The van der Waals surface area contributed by atoms with Crippen molar-refractivity contribution in [3.05, 3.63) is 245 Å². The van der Waals surface area contributed by atoms with E-state index in [0.717, 1.165) is 44.7 Å². The minimum atomic E-state index is -0.422. The van der Waals surface area contributed by atoms with Crippen molar-refractivity contribution in [3.63, 3.8) is 0 Å². The van der Waals surface area contributed by atoms with Gasteiger partial charge in [-0.1, -0.05) is 198 Å². The number of fused-ring (bicyclic) bond motifs is 3. The monoisotopic (exact) mass is 1140 g/mol. The quantitative estimate of drug-likeness (QED) is 0.0956. The molecule has 6 heteroatoms. The first-order valence-electron chi connectivity index (χ1n) is 25.3. The summed E-state index contributed by atoms with van der Waals surface area (Å²) in [6.45, 7) is 27.4. The van der Waals surface area contributed by atoms with Crippen LogP contribution in [0.5, 0.6) is 11.5 Å². The van der Waals surface area contributed by atoms with Crippen LogP contribution in [0.25, 0.3) is 39.0 Å². The van der Waals surface area contributed by atoms with Crippen molar-refractivity contribution in [2.24, 2.45) is 0 Å². The summed E-state index contributed by atoms with van der Waals surface area (Å²) in [6.07, 6.45) is 7.97. The van der Waals surface area contributed by atoms with Gasteiger partial charge in [0, 0.05) is 66.7 Å². The van der Waals surface area contributed by atoms with Gasteiger partial charge in [0.2, 0.25) is 0 Å². The smallest absolute Gasteiger partial charge is 0.267 e. The van der Waals surface area contributed by atoms with Gasteiger partial charge in [-0.15, -0.1) is 29.7 Å². The molecule has 10 aromatic rings. The largest absolute Gasteiger partial charge is 0.510 e. The fourth-order valence-corrected chi connectivity index (χ4v) is 10.1.